The van der Waals surface area contributed by atoms with Gasteiger partial charge >= 0.3 is 0 Å². The van der Waals surface area contributed by atoms with E-state index in [1.807, 2.05) is 17.5 Å². The summed E-state index contributed by atoms with van der Waals surface area (Å²) >= 11 is 1.65. The fourth-order valence-electron chi connectivity index (χ4n) is 1.18. The van der Waals surface area contributed by atoms with E-state index in [1.165, 1.54) is 0 Å². The van der Waals surface area contributed by atoms with Gasteiger partial charge in [0.25, 0.3) is 0 Å². The van der Waals surface area contributed by atoms with Crippen LogP contribution in [0.3, 0.4) is 0 Å². The van der Waals surface area contributed by atoms with Gasteiger partial charge in [-0.05, 0) is 24.3 Å². The molecule has 72 valence electrons. The molecule has 0 saturated carbocycles. The molecule has 0 fully saturated rings. The third-order valence-corrected chi connectivity index (χ3v) is 2.93. The molecule has 2 nitrogen and oxygen atoms in total. The predicted molar refractivity (Wildman–Crippen MR) is 57.2 cm³/mol. The zero-order chi connectivity index (χ0) is 9.68. The first-order chi connectivity index (χ1) is 6.29. The number of hydrogen-bond donors (Lipinski definition) is 1. The van der Waals surface area contributed by atoms with Crippen molar-refractivity contribution in [2.75, 3.05) is 7.11 Å². The zero-order valence-corrected chi connectivity index (χ0v) is 8.64. The average molecular weight is 197 g/mol. The molecule has 3 heteroatoms. The Morgan fingerprint density at radius 1 is 1.77 bits per heavy atom. The summed E-state index contributed by atoms with van der Waals surface area (Å²) in [7, 11) is 1.67. The molecule has 0 saturated heterocycles. The van der Waals surface area contributed by atoms with Crippen molar-refractivity contribution in [2.24, 2.45) is 5.73 Å². The van der Waals surface area contributed by atoms with Crippen molar-refractivity contribution in [1.29, 1.82) is 0 Å². The average Bonchev–Trinajstić information content (AvgIpc) is 2.61. The molecule has 0 spiro atoms. The summed E-state index contributed by atoms with van der Waals surface area (Å²) < 4.78 is 5.19. The summed E-state index contributed by atoms with van der Waals surface area (Å²) in [5.74, 6) is 0.904. The summed E-state index contributed by atoms with van der Waals surface area (Å²) in [6.07, 6.45) is 3.77. The smallest absolute Gasteiger partial charge is 0.134 e. The van der Waals surface area contributed by atoms with Gasteiger partial charge in [0, 0.05) is 6.04 Å². The molecular formula is C10H15NOS. The first kappa shape index (κ1) is 10.3. The van der Waals surface area contributed by atoms with Crippen LogP contribution in [0.2, 0.25) is 0 Å². The Bertz CT molecular complexity index is 270. The highest BCUT2D eigenvalue weighted by molar-refractivity contribution is 7.10. The van der Waals surface area contributed by atoms with Gasteiger partial charge in [-0.1, -0.05) is 6.08 Å². The van der Waals surface area contributed by atoms with Gasteiger partial charge in [-0.2, -0.15) is 0 Å². The lowest BCUT2D eigenvalue weighted by Crippen LogP contribution is -2.08. The van der Waals surface area contributed by atoms with E-state index < -0.39 is 0 Å². The second-order valence-corrected chi connectivity index (χ2v) is 3.77. The molecule has 1 atom stereocenters. The highest BCUT2D eigenvalue weighted by Gasteiger charge is 2.11. The molecule has 0 bridgehead atoms. The molecule has 1 unspecified atom stereocenters. The van der Waals surface area contributed by atoms with Crippen LogP contribution in [-0.2, 0) is 0 Å². The quantitative estimate of drug-likeness (QED) is 0.737. The standard InChI is InChI=1S/C10H15NOS/c1-3-4-5-8(11)10-9(12-2)6-7-13-10/h3,6-8H,1,4-5,11H2,2H3. The van der Waals surface area contributed by atoms with Crippen LogP contribution < -0.4 is 10.5 Å². The Morgan fingerprint density at radius 2 is 2.54 bits per heavy atom. The van der Waals surface area contributed by atoms with Crippen LogP contribution in [-0.4, -0.2) is 7.11 Å². The summed E-state index contributed by atoms with van der Waals surface area (Å²) in [4.78, 5) is 1.13. The van der Waals surface area contributed by atoms with Crippen LogP contribution >= 0.6 is 11.3 Å². The largest absolute Gasteiger partial charge is 0.496 e. The fraction of sp³-hybridized carbons (Fsp3) is 0.400. The molecule has 1 aromatic rings. The van der Waals surface area contributed by atoms with E-state index in [2.05, 4.69) is 6.58 Å². The fourth-order valence-corrected chi connectivity index (χ4v) is 2.08. The lowest BCUT2D eigenvalue weighted by Gasteiger charge is -2.09. The maximum atomic E-state index is 5.98. The first-order valence-corrected chi connectivity index (χ1v) is 5.15. The molecule has 0 aromatic carbocycles. The molecule has 1 heterocycles. The van der Waals surface area contributed by atoms with Crippen LogP contribution in [0.15, 0.2) is 24.1 Å². The number of ether oxygens (including phenoxy) is 1. The topological polar surface area (TPSA) is 35.2 Å². The van der Waals surface area contributed by atoms with Gasteiger partial charge in [0.15, 0.2) is 0 Å². The van der Waals surface area contributed by atoms with E-state index in [0.29, 0.717) is 0 Å². The van der Waals surface area contributed by atoms with Crippen molar-refractivity contribution in [1.82, 2.24) is 0 Å². The highest BCUT2D eigenvalue weighted by Crippen LogP contribution is 2.31. The van der Waals surface area contributed by atoms with Crippen LogP contribution in [0.1, 0.15) is 23.8 Å². The Labute approximate surface area is 83.0 Å². The van der Waals surface area contributed by atoms with E-state index in [-0.39, 0.29) is 6.04 Å². The van der Waals surface area contributed by atoms with Gasteiger partial charge in [-0.25, -0.2) is 0 Å². The minimum atomic E-state index is 0.0768. The van der Waals surface area contributed by atoms with Crippen LogP contribution in [0, 0.1) is 0 Å². The second kappa shape index (κ2) is 5.04. The molecule has 13 heavy (non-hydrogen) atoms. The third kappa shape index (κ3) is 2.57. The lowest BCUT2D eigenvalue weighted by molar-refractivity contribution is 0.408. The van der Waals surface area contributed by atoms with E-state index in [1.54, 1.807) is 18.4 Å². The van der Waals surface area contributed by atoms with Gasteiger partial charge in [0.1, 0.15) is 5.75 Å². The van der Waals surface area contributed by atoms with E-state index in [4.69, 9.17) is 10.5 Å². The van der Waals surface area contributed by atoms with Crippen molar-refractivity contribution in [3.8, 4) is 5.75 Å². The van der Waals surface area contributed by atoms with Crippen molar-refractivity contribution in [3.05, 3.63) is 29.0 Å². The van der Waals surface area contributed by atoms with Gasteiger partial charge in [0.2, 0.25) is 0 Å². The molecule has 2 N–H and O–H groups in total. The Hall–Kier alpha value is -0.800. The van der Waals surface area contributed by atoms with Gasteiger partial charge in [0.05, 0.1) is 12.0 Å². The molecule has 0 aliphatic rings. The van der Waals surface area contributed by atoms with Gasteiger partial charge in [-0.15, -0.1) is 17.9 Å². The summed E-state index contributed by atoms with van der Waals surface area (Å²) in [6, 6.07) is 2.03. The predicted octanol–water partition coefficient (Wildman–Crippen LogP) is 2.72. The molecule has 0 aliphatic heterocycles. The summed E-state index contributed by atoms with van der Waals surface area (Å²) in [6.45, 7) is 3.67. The SMILES string of the molecule is C=CCCC(N)c1sccc1OC. The molecular weight excluding hydrogens is 182 g/mol. The second-order valence-electron chi connectivity index (χ2n) is 2.83. The number of methoxy groups -OCH3 is 1. The van der Waals surface area contributed by atoms with Crippen LogP contribution in [0.5, 0.6) is 5.75 Å². The normalized spacial score (nSPS) is 12.5. The van der Waals surface area contributed by atoms with Crippen LogP contribution in [0.25, 0.3) is 0 Å². The number of nitrogens with two attached hydrogens (primary N) is 1. The van der Waals surface area contributed by atoms with Crippen molar-refractivity contribution >= 4 is 11.3 Å². The maximum Gasteiger partial charge on any atom is 0.134 e. The van der Waals surface area contributed by atoms with Gasteiger partial charge in [-0.3, -0.25) is 0 Å². The van der Waals surface area contributed by atoms with Crippen molar-refractivity contribution < 1.29 is 4.74 Å². The van der Waals surface area contributed by atoms with Gasteiger partial charge < -0.3 is 10.5 Å². The summed E-state index contributed by atoms with van der Waals surface area (Å²) in [5, 5.41) is 2.00. The number of hydrogen-bond acceptors (Lipinski definition) is 3. The number of thiophene rings is 1. The molecule has 1 rings (SSSR count). The van der Waals surface area contributed by atoms with Crippen LogP contribution in [0.4, 0.5) is 0 Å². The minimum absolute atomic E-state index is 0.0768. The monoisotopic (exact) mass is 197 g/mol. The number of allylic oxidation sites excluding steroid dienone is 1. The number of rotatable bonds is 5. The molecule has 1 aromatic heterocycles. The zero-order valence-electron chi connectivity index (χ0n) is 7.82. The molecule has 0 radical (unpaired) electrons. The summed E-state index contributed by atoms with van der Waals surface area (Å²) in [5.41, 5.74) is 5.98. The van der Waals surface area contributed by atoms with Crippen molar-refractivity contribution in [3.63, 3.8) is 0 Å². The minimum Gasteiger partial charge on any atom is -0.496 e. The van der Waals surface area contributed by atoms with E-state index >= 15 is 0 Å². The first-order valence-electron chi connectivity index (χ1n) is 4.27. The lowest BCUT2D eigenvalue weighted by atomic mass is 10.1. The Kier molecular flexibility index (Phi) is 3.99. The molecule has 0 amide bonds. The highest BCUT2D eigenvalue weighted by atomic mass is 32.1. The van der Waals surface area contributed by atoms with E-state index in [9.17, 15) is 0 Å². The Morgan fingerprint density at radius 3 is 3.15 bits per heavy atom. The van der Waals surface area contributed by atoms with Crippen molar-refractivity contribution in [2.45, 2.75) is 18.9 Å². The Balaban J connectivity index is 2.63. The molecule has 0 aliphatic carbocycles. The van der Waals surface area contributed by atoms with E-state index in [0.717, 1.165) is 23.5 Å². The maximum absolute atomic E-state index is 5.98. The third-order valence-electron chi connectivity index (χ3n) is 1.90.